The van der Waals surface area contributed by atoms with Gasteiger partial charge >= 0.3 is 0 Å². The van der Waals surface area contributed by atoms with Gasteiger partial charge in [-0.25, -0.2) is 4.98 Å². The van der Waals surface area contributed by atoms with Gasteiger partial charge in [-0.15, -0.1) is 11.3 Å². The van der Waals surface area contributed by atoms with Gasteiger partial charge in [0.25, 0.3) is 0 Å². The minimum absolute atomic E-state index is 0.140. The zero-order chi connectivity index (χ0) is 20.3. The Morgan fingerprint density at radius 3 is 2.80 bits per heavy atom. The fraction of sp³-hybridized carbons (Fsp3) is 0.318. The molecule has 3 aromatic rings. The number of carbonyl (C=O) groups excluding carboxylic acids is 1. The molecule has 5 rings (SSSR count). The fourth-order valence-corrected chi connectivity index (χ4v) is 4.54. The van der Waals surface area contributed by atoms with Crippen molar-refractivity contribution in [3.63, 3.8) is 0 Å². The largest absolute Gasteiger partial charge is 0.454 e. The number of fused-ring (bicyclic) bond motifs is 1. The van der Waals surface area contributed by atoms with Gasteiger partial charge in [0.1, 0.15) is 5.01 Å². The van der Waals surface area contributed by atoms with Crippen LogP contribution in [0.5, 0.6) is 11.5 Å². The molecule has 0 unspecified atom stereocenters. The molecule has 2 aliphatic rings. The number of carbonyl (C=O) groups is 1. The average Bonchev–Trinajstić information content (AvgIpc) is 3.44. The van der Waals surface area contributed by atoms with Gasteiger partial charge in [-0.05, 0) is 29.8 Å². The predicted octanol–water partition coefficient (Wildman–Crippen LogP) is 2.82. The molecule has 7 nitrogen and oxygen atoms in total. The van der Waals surface area contributed by atoms with Crippen molar-refractivity contribution >= 4 is 17.2 Å². The zero-order valence-corrected chi connectivity index (χ0v) is 17.3. The highest BCUT2D eigenvalue weighted by atomic mass is 32.1. The monoisotopic (exact) mass is 422 g/mol. The minimum atomic E-state index is 0.140. The zero-order valence-electron chi connectivity index (χ0n) is 16.5. The van der Waals surface area contributed by atoms with Crippen LogP contribution in [-0.4, -0.2) is 58.6 Å². The molecule has 0 spiro atoms. The van der Waals surface area contributed by atoms with Crippen LogP contribution < -0.4 is 9.47 Å². The smallest absolute Gasteiger partial charge is 0.231 e. The maximum Gasteiger partial charge on any atom is 0.231 e. The molecule has 0 radical (unpaired) electrons. The van der Waals surface area contributed by atoms with E-state index in [9.17, 15) is 4.79 Å². The Labute approximate surface area is 178 Å². The van der Waals surface area contributed by atoms with Gasteiger partial charge < -0.3 is 14.4 Å². The second-order valence-corrected chi connectivity index (χ2v) is 8.27. The predicted molar refractivity (Wildman–Crippen MR) is 113 cm³/mol. The number of pyridine rings is 1. The van der Waals surface area contributed by atoms with Crippen LogP contribution in [0, 0.1) is 0 Å². The molecular formula is C22H22N4O3S. The molecule has 1 saturated heterocycles. The molecular weight excluding hydrogens is 400 g/mol. The van der Waals surface area contributed by atoms with Gasteiger partial charge in [0, 0.05) is 56.1 Å². The van der Waals surface area contributed by atoms with Crippen LogP contribution >= 0.6 is 11.3 Å². The first kappa shape index (κ1) is 19.0. The van der Waals surface area contributed by atoms with Gasteiger partial charge in [0.05, 0.1) is 12.1 Å². The van der Waals surface area contributed by atoms with Crippen LogP contribution in [0.25, 0.3) is 10.6 Å². The summed E-state index contributed by atoms with van der Waals surface area (Å²) in [7, 11) is 0. The fourth-order valence-electron chi connectivity index (χ4n) is 3.73. The number of piperazine rings is 1. The molecule has 4 heterocycles. The number of hydrogen-bond donors (Lipinski definition) is 0. The standard InChI is InChI=1S/C22H22N4O3S/c27-21(11-18-14-30-22(24-18)17-2-1-5-23-12-17)26-8-6-25(7-9-26)13-16-3-4-19-20(10-16)29-15-28-19/h1-5,10,12,14H,6-9,11,13,15H2. The van der Waals surface area contributed by atoms with E-state index in [0.717, 1.165) is 60.5 Å². The van der Waals surface area contributed by atoms with Crippen molar-refractivity contribution in [1.82, 2.24) is 19.8 Å². The molecule has 1 fully saturated rings. The number of hydrogen-bond acceptors (Lipinski definition) is 7. The van der Waals surface area contributed by atoms with Crippen LogP contribution in [0.3, 0.4) is 0 Å². The third-order valence-corrected chi connectivity index (χ3v) is 6.30. The van der Waals surface area contributed by atoms with Crippen molar-refractivity contribution in [2.75, 3.05) is 33.0 Å². The molecule has 30 heavy (non-hydrogen) atoms. The first-order chi connectivity index (χ1) is 14.7. The molecule has 2 aliphatic heterocycles. The lowest BCUT2D eigenvalue weighted by molar-refractivity contribution is -0.132. The maximum absolute atomic E-state index is 12.7. The van der Waals surface area contributed by atoms with Crippen LogP contribution in [-0.2, 0) is 17.8 Å². The van der Waals surface area contributed by atoms with Crippen LogP contribution in [0.15, 0.2) is 48.1 Å². The van der Waals surface area contributed by atoms with Gasteiger partial charge in [-0.3, -0.25) is 14.7 Å². The van der Waals surface area contributed by atoms with E-state index in [4.69, 9.17) is 9.47 Å². The molecule has 0 saturated carbocycles. The van der Waals surface area contributed by atoms with E-state index in [2.05, 4.69) is 20.9 Å². The minimum Gasteiger partial charge on any atom is -0.454 e. The van der Waals surface area contributed by atoms with Crippen molar-refractivity contribution in [2.24, 2.45) is 0 Å². The average molecular weight is 423 g/mol. The lowest BCUT2D eigenvalue weighted by Crippen LogP contribution is -2.48. The summed E-state index contributed by atoms with van der Waals surface area (Å²) in [4.78, 5) is 25.8. The van der Waals surface area contributed by atoms with E-state index in [-0.39, 0.29) is 5.91 Å². The molecule has 1 aromatic carbocycles. The van der Waals surface area contributed by atoms with Crippen LogP contribution in [0.2, 0.25) is 0 Å². The number of aromatic nitrogens is 2. The van der Waals surface area contributed by atoms with E-state index < -0.39 is 0 Å². The van der Waals surface area contributed by atoms with Crippen molar-refractivity contribution in [3.8, 4) is 22.1 Å². The maximum atomic E-state index is 12.7. The third kappa shape index (κ3) is 4.15. The lowest BCUT2D eigenvalue weighted by Gasteiger charge is -2.34. The Hall–Kier alpha value is -2.97. The first-order valence-electron chi connectivity index (χ1n) is 9.98. The molecule has 0 N–H and O–H groups in total. The van der Waals surface area contributed by atoms with Crippen LogP contribution in [0.1, 0.15) is 11.3 Å². The number of nitrogens with zero attached hydrogens (tertiary/aromatic N) is 4. The first-order valence-corrected chi connectivity index (χ1v) is 10.9. The van der Waals surface area contributed by atoms with Crippen LogP contribution in [0.4, 0.5) is 0 Å². The SMILES string of the molecule is O=C(Cc1csc(-c2cccnc2)n1)N1CCN(Cc2ccc3c(c2)OCO3)CC1. The summed E-state index contributed by atoms with van der Waals surface area (Å²) >= 11 is 1.55. The highest BCUT2D eigenvalue weighted by molar-refractivity contribution is 7.13. The topological polar surface area (TPSA) is 67.8 Å². The number of rotatable bonds is 5. The Balaban J connectivity index is 1.13. The van der Waals surface area contributed by atoms with E-state index in [1.165, 1.54) is 5.56 Å². The van der Waals surface area contributed by atoms with Gasteiger partial charge in [-0.2, -0.15) is 0 Å². The van der Waals surface area contributed by atoms with E-state index in [1.807, 2.05) is 34.5 Å². The molecule has 0 aliphatic carbocycles. The Morgan fingerprint density at radius 2 is 1.97 bits per heavy atom. The number of benzene rings is 1. The molecule has 8 heteroatoms. The van der Waals surface area contributed by atoms with Gasteiger partial charge in [-0.1, -0.05) is 6.07 Å². The summed E-state index contributed by atoms with van der Waals surface area (Å²) in [5.41, 5.74) is 3.01. The highest BCUT2D eigenvalue weighted by Crippen LogP contribution is 2.33. The van der Waals surface area contributed by atoms with Crippen molar-refractivity contribution < 1.29 is 14.3 Å². The Kier molecular flexibility index (Phi) is 5.33. The van der Waals surface area contributed by atoms with Crippen molar-refractivity contribution in [3.05, 3.63) is 59.4 Å². The van der Waals surface area contributed by atoms with Crippen molar-refractivity contribution in [1.29, 1.82) is 0 Å². The van der Waals surface area contributed by atoms with E-state index in [0.29, 0.717) is 13.2 Å². The summed E-state index contributed by atoms with van der Waals surface area (Å²) in [6.07, 6.45) is 3.89. The Morgan fingerprint density at radius 1 is 1.10 bits per heavy atom. The summed E-state index contributed by atoms with van der Waals surface area (Å²) < 4.78 is 10.8. The second-order valence-electron chi connectivity index (χ2n) is 7.41. The summed E-state index contributed by atoms with van der Waals surface area (Å²) in [5, 5.41) is 2.87. The molecule has 0 atom stereocenters. The van der Waals surface area contributed by atoms with Crippen molar-refractivity contribution in [2.45, 2.75) is 13.0 Å². The second kappa shape index (κ2) is 8.41. The van der Waals surface area contributed by atoms with Gasteiger partial charge in [0.2, 0.25) is 12.7 Å². The van der Waals surface area contributed by atoms with E-state index >= 15 is 0 Å². The molecule has 1 amide bonds. The summed E-state index contributed by atoms with van der Waals surface area (Å²) in [6, 6.07) is 9.96. The van der Waals surface area contributed by atoms with E-state index in [1.54, 1.807) is 23.7 Å². The molecule has 2 aromatic heterocycles. The number of ether oxygens (including phenoxy) is 2. The third-order valence-electron chi connectivity index (χ3n) is 5.36. The van der Waals surface area contributed by atoms with Gasteiger partial charge in [0.15, 0.2) is 11.5 Å². The number of thiazole rings is 1. The quantitative estimate of drug-likeness (QED) is 0.630. The lowest BCUT2D eigenvalue weighted by atomic mass is 10.1. The molecule has 0 bridgehead atoms. The summed E-state index contributed by atoms with van der Waals surface area (Å²) in [6.45, 7) is 4.34. The Bertz CT molecular complexity index is 1030. The molecule has 154 valence electrons. The number of amides is 1. The summed E-state index contributed by atoms with van der Waals surface area (Å²) in [5.74, 6) is 1.76. The highest BCUT2D eigenvalue weighted by Gasteiger charge is 2.23. The normalized spacial score (nSPS) is 16.1.